The lowest BCUT2D eigenvalue weighted by Crippen LogP contribution is -2.40. The summed E-state index contributed by atoms with van der Waals surface area (Å²) in [4.78, 5) is 68.1. The number of benzene rings is 5. The number of nitro benzene ring substituents is 1. The summed E-state index contributed by atoms with van der Waals surface area (Å²) in [6, 6.07) is 33.1. The number of hydrogen-bond donors (Lipinski definition) is 3. The van der Waals surface area contributed by atoms with E-state index in [2.05, 4.69) is 25.9 Å². The van der Waals surface area contributed by atoms with Gasteiger partial charge in [0, 0.05) is 54.8 Å². The Morgan fingerprint density at radius 2 is 1.14 bits per heavy atom. The zero-order chi connectivity index (χ0) is 53.6. The van der Waals surface area contributed by atoms with Crippen molar-refractivity contribution in [3.05, 3.63) is 177 Å². The van der Waals surface area contributed by atoms with Gasteiger partial charge in [-0.2, -0.15) is 27.0 Å². The van der Waals surface area contributed by atoms with Gasteiger partial charge in [0.2, 0.25) is 5.91 Å². The fourth-order valence-electron chi connectivity index (χ4n) is 7.00. The van der Waals surface area contributed by atoms with Crippen LogP contribution < -0.4 is 20.7 Å². The van der Waals surface area contributed by atoms with E-state index in [9.17, 15) is 38.1 Å². The van der Waals surface area contributed by atoms with Crippen molar-refractivity contribution in [1.29, 1.82) is 0 Å². The number of carbonyl (C=O) groups excluding carboxylic acids is 4. The molecule has 0 bridgehead atoms. The minimum atomic E-state index is -0.640. The number of ether oxygens (including phenoxy) is 3. The van der Waals surface area contributed by atoms with Crippen LogP contribution in [0.5, 0.6) is 5.75 Å². The lowest BCUT2D eigenvalue weighted by atomic mass is 10.1. The van der Waals surface area contributed by atoms with Crippen LogP contribution in [0.2, 0.25) is 10.0 Å². The quantitative estimate of drug-likeness (QED) is 0.0318. The fraction of sp³-hybridized carbons (Fsp3) is 0.259. The summed E-state index contributed by atoms with van der Waals surface area (Å²) >= 11 is 11.8. The first kappa shape index (κ1) is 63.2. The summed E-state index contributed by atoms with van der Waals surface area (Å²) in [5.41, 5.74) is 1.01. The fourth-order valence-corrected chi connectivity index (χ4v) is 7.44. The third kappa shape index (κ3) is 19.9. The number of esters is 1. The molecule has 0 fully saturated rings. The van der Waals surface area contributed by atoms with Gasteiger partial charge < -0.3 is 24.4 Å². The van der Waals surface area contributed by atoms with Gasteiger partial charge in [-0.3, -0.25) is 30.3 Å². The third-order valence-corrected chi connectivity index (χ3v) is 12.3. The van der Waals surface area contributed by atoms with Crippen molar-refractivity contribution in [2.75, 3.05) is 37.9 Å². The molecule has 7 rings (SSSR count). The number of nitro groups is 1. The summed E-state index contributed by atoms with van der Waals surface area (Å²) in [5.74, 6) is -0.628. The summed E-state index contributed by atoms with van der Waals surface area (Å²) in [5, 5.41) is 22.8. The summed E-state index contributed by atoms with van der Waals surface area (Å²) < 4.78 is 42.3. The van der Waals surface area contributed by atoms with Gasteiger partial charge in [0.05, 0.1) is 27.4 Å². The number of nitrogens with one attached hydrogen (secondary N) is 3. The molecule has 22 heteroatoms. The van der Waals surface area contributed by atoms with E-state index in [-0.39, 0.29) is 92.3 Å². The van der Waals surface area contributed by atoms with Gasteiger partial charge in [0.1, 0.15) is 42.2 Å². The lowest BCUT2D eigenvalue weighted by Gasteiger charge is -2.27. The van der Waals surface area contributed by atoms with E-state index >= 15 is 0 Å². The highest BCUT2D eigenvalue weighted by atomic mass is 35.5. The van der Waals surface area contributed by atoms with Gasteiger partial charge in [0.15, 0.2) is 0 Å². The predicted octanol–water partition coefficient (Wildman–Crippen LogP) is 12.4. The molecule has 0 spiro atoms. The van der Waals surface area contributed by atoms with Gasteiger partial charge in [-0.25, -0.2) is 28.3 Å². The number of carbonyl (C=O) groups is 4. The van der Waals surface area contributed by atoms with Crippen molar-refractivity contribution in [3.63, 3.8) is 0 Å². The first-order valence-electron chi connectivity index (χ1n) is 23.4. The first-order valence-corrected chi connectivity index (χ1v) is 24.1. The average Bonchev–Trinajstić information content (AvgIpc) is 3.40. The lowest BCUT2D eigenvalue weighted by molar-refractivity contribution is -0.384. The number of amides is 3. The van der Waals surface area contributed by atoms with Crippen LogP contribution in [0.15, 0.2) is 134 Å². The molecule has 5 aromatic carbocycles. The van der Waals surface area contributed by atoms with Gasteiger partial charge in [-0.05, 0) is 91.0 Å². The minimum absolute atomic E-state index is 0. The minimum Gasteiger partial charge on any atom is -0.448 e. The zero-order valence-electron chi connectivity index (χ0n) is 42.0. The van der Waals surface area contributed by atoms with E-state index in [1.54, 1.807) is 48.6 Å². The van der Waals surface area contributed by atoms with E-state index in [0.29, 0.717) is 42.2 Å². The third-order valence-electron chi connectivity index (χ3n) is 11.4. The normalized spacial score (nSPS) is 11.1. The molecule has 0 aliphatic carbocycles. The largest absolute Gasteiger partial charge is 0.448 e. The number of anilines is 2. The summed E-state index contributed by atoms with van der Waals surface area (Å²) in [6.07, 6.45) is 4.53. The van der Waals surface area contributed by atoms with Crippen molar-refractivity contribution < 1.29 is 47.1 Å². The Labute approximate surface area is 462 Å². The maximum Gasteiger partial charge on any atom is 0.412 e. The highest BCUT2D eigenvalue weighted by Crippen LogP contribution is 2.24. The summed E-state index contributed by atoms with van der Waals surface area (Å²) in [7, 11) is 3.51. The van der Waals surface area contributed by atoms with Gasteiger partial charge >= 0.3 is 18.2 Å². The molecule has 0 unspecified atom stereocenters. The summed E-state index contributed by atoms with van der Waals surface area (Å²) in [6.45, 7) is 4.32. The Morgan fingerprint density at radius 3 is 1.61 bits per heavy atom. The van der Waals surface area contributed by atoms with Crippen molar-refractivity contribution >= 4 is 113 Å². The van der Waals surface area contributed by atoms with Crippen LogP contribution in [0.1, 0.15) is 50.7 Å². The molecule has 0 radical (unpaired) electrons. The molecule has 0 aliphatic heterocycles. The van der Waals surface area contributed by atoms with E-state index in [0.717, 1.165) is 28.0 Å². The molecule has 404 valence electrons. The van der Waals surface area contributed by atoms with E-state index in [4.69, 9.17) is 37.4 Å². The van der Waals surface area contributed by atoms with Crippen LogP contribution >= 0.6 is 50.2 Å². The second kappa shape index (κ2) is 32.4. The molecule has 76 heavy (non-hydrogen) atoms. The average molecular weight is 1120 g/mol. The number of aromatic nitrogens is 2. The molecule has 7 aromatic rings. The van der Waals surface area contributed by atoms with Crippen LogP contribution in [0.3, 0.4) is 0 Å². The maximum absolute atomic E-state index is 13.6. The number of hydrogen-bond acceptors (Lipinski definition) is 12. The zero-order valence-corrected chi connectivity index (χ0v) is 45.5. The number of fused-ring (bicyclic) bond motifs is 2. The monoisotopic (exact) mass is 1120 g/mol. The molecule has 2 atom stereocenters. The Hall–Kier alpha value is -7.10. The van der Waals surface area contributed by atoms with E-state index < -0.39 is 34.7 Å². The van der Waals surface area contributed by atoms with Crippen molar-refractivity contribution in [2.24, 2.45) is 0 Å². The molecule has 0 saturated carbocycles. The predicted molar refractivity (Wildman–Crippen MR) is 302 cm³/mol. The topological polar surface area (TPSA) is 204 Å². The molecule has 3 amide bonds. The van der Waals surface area contributed by atoms with Crippen molar-refractivity contribution in [1.82, 2.24) is 20.2 Å². The number of likely N-dealkylation sites (N-methyl/N-ethyl adjacent to an activating group) is 2. The molecule has 2 aromatic heterocycles. The van der Waals surface area contributed by atoms with Crippen LogP contribution in [0, 0.1) is 21.7 Å². The molecule has 0 saturated heterocycles. The van der Waals surface area contributed by atoms with Crippen LogP contribution in [0.25, 0.3) is 21.5 Å². The maximum atomic E-state index is 13.6. The highest BCUT2D eigenvalue weighted by molar-refractivity contribution is 7.59. The Morgan fingerprint density at radius 1 is 0.671 bits per heavy atom. The number of aryl methyl sites for hydroxylation is 2. The highest BCUT2D eigenvalue weighted by Gasteiger charge is 2.21. The van der Waals surface area contributed by atoms with Crippen molar-refractivity contribution in [3.8, 4) is 5.75 Å². The van der Waals surface area contributed by atoms with Crippen LogP contribution in [-0.2, 0) is 31.9 Å². The SMILES string of the molecule is CC[C@@H](COC(=O)Nc1cc2ccccc2cn1)N(C)C(=O)CCc1cccc(F)c1Cl.CC[C@@H](COC(=O)Nc1cc2ccccc2cn1)NC.O=C(CCc1cccc(F)c1Cl)Oc1ccc([N+](=O)[O-])cc1.S.S. The smallest absolute Gasteiger partial charge is 0.412 e. The van der Waals surface area contributed by atoms with Gasteiger partial charge in [-0.1, -0.05) is 110 Å². The molecule has 0 aliphatic rings. The molecule has 16 nitrogen and oxygen atoms in total. The first-order chi connectivity index (χ1) is 35.6. The van der Waals surface area contributed by atoms with Gasteiger partial charge in [0.25, 0.3) is 5.69 Å². The Bertz CT molecular complexity index is 3040. The second-order valence-corrected chi connectivity index (χ2v) is 17.1. The number of pyridine rings is 2. The number of non-ortho nitro benzene ring substituents is 1. The van der Waals surface area contributed by atoms with E-state index in [1.807, 2.05) is 75.5 Å². The van der Waals surface area contributed by atoms with Crippen molar-refractivity contribution in [2.45, 2.75) is 64.5 Å². The molecular formula is C54H59Cl2F2N7O9S2. The standard InChI is InChI=1S/C24H25ClFN3O3.C15H11ClFNO4.C15H19N3O2.2H2S/c1-3-19(29(2)22(30)12-11-16-9-6-10-20(26)23(16)25)15-32-24(31)28-21-13-17-7-4-5-8-18(17)14-27-21;16-15-10(2-1-3-13(15)17)4-9-14(19)22-12-7-5-11(6-8-12)18(20)21;1-3-13(16-2)10-20-15(19)18-14-8-11-6-4-5-7-12(11)9-17-14;;/h4-10,13-14,19H,3,11-12,15H2,1-2H3,(H,27,28,31);1-3,5-8H,4,9H2;4-9,13,16H,3,10H2,1-2H3,(H,17,18,19);2*1H2/t19-;;13-;;/m0.0../s1. The van der Waals surface area contributed by atoms with Gasteiger partial charge in [-0.15, -0.1) is 0 Å². The molecule has 3 N–H and O–H groups in total. The molecular weight excluding hydrogens is 1060 g/mol. The Balaban J connectivity index is 0.000000307. The molecule has 2 heterocycles. The second-order valence-electron chi connectivity index (χ2n) is 16.4. The number of halogens is 4. The van der Waals surface area contributed by atoms with E-state index in [1.165, 1.54) is 42.5 Å². The van der Waals surface area contributed by atoms with Crippen LogP contribution in [0.4, 0.5) is 35.7 Å². The van der Waals surface area contributed by atoms with Crippen LogP contribution in [-0.4, -0.2) is 83.2 Å². The number of nitrogens with zero attached hydrogens (tertiary/aromatic N) is 4. The Kier molecular flexibility index (Phi) is 26.9. The number of rotatable bonds is 18.